The molecule has 0 aliphatic carbocycles. The molecular formula is C42H28N8O2Tl-2. The first-order chi connectivity index (χ1) is 25.5. The number of carboxylic acids is 1. The van der Waals surface area contributed by atoms with Crippen LogP contribution in [0.4, 0.5) is 0 Å². The quantitative estimate of drug-likeness (QED) is 0.174. The Balaban J connectivity index is 0.000000831. The fourth-order valence-electron chi connectivity index (χ4n) is 6.34. The first-order valence-corrected chi connectivity index (χ1v) is 16.4. The van der Waals surface area contributed by atoms with E-state index >= 15 is 0 Å². The van der Waals surface area contributed by atoms with Crippen LogP contribution in [0.25, 0.3) is 90.9 Å². The van der Waals surface area contributed by atoms with E-state index in [1.807, 2.05) is 48.5 Å². The van der Waals surface area contributed by atoms with E-state index in [1.165, 1.54) is 0 Å². The first kappa shape index (κ1) is 35.0. The predicted molar refractivity (Wildman–Crippen MR) is 209 cm³/mol. The third-order valence-electron chi connectivity index (χ3n) is 8.49. The van der Waals surface area contributed by atoms with Gasteiger partial charge in [0.15, 0.2) is 0 Å². The zero-order chi connectivity index (χ0) is 35.4. The van der Waals surface area contributed by atoms with E-state index in [0.29, 0.717) is 0 Å². The van der Waals surface area contributed by atoms with Gasteiger partial charge in [-0.2, -0.15) is 0 Å². The Kier molecular flexibility index (Phi) is 10.2. The number of pyridine rings is 4. The fourth-order valence-corrected chi connectivity index (χ4v) is 6.34. The van der Waals surface area contributed by atoms with Crippen LogP contribution < -0.4 is 9.97 Å². The van der Waals surface area contributed by atoms with Crippen LogP contribution in [0.15, 0.2) is 122 Å². The number of fused-ring (bicyclic) bond motifs is 8. The van der Waals surface area contributed by atoms with Gasteiger partial charge in [-0.3, -0.25) is 24.7 Å². The van der Waals surface area contributed by atoms with Gasteiger partial charge in [-0.05, 0) is 117 Å². The second-order valence-corrected chi connectivity index (χ2v) is 11.8. The molecule has 0 aromatic carbocycles. The summed E-state index contributed by atoms with van der Waals surface area (Å²) >= 11 is 0. The van der Waals surface area contributed by atoms with Gasteiger partial charge in [-0.15, -0.1) is 22.1 Å². The summed E-state index contributed by atoms with van der Waals surface area (Å²) in [4.78, 5) is 47.1. The van der Waals surface area contributed by atoms with Crippen LogP contribution in [0.3, 0.4) is 0 Å². The molecule has 11 heteroatoms. The SMILES string of the molecule is C1=Cc2nc1c(-c1ccncc1)c1ccc([n-]1)c(-c1ccncc1)c1nc(c(-c3ccncc3)c3ccc([n-]3)c2-c2ccncc2)C=C1.CC(=O)O.[Tl]. The van der Waals surface area contributed by atoms with E-state index in [1.54, 1.807) is 49.6 Å². The van der Waals surface area contributed by atoms with Crippen molar-refractivity contribution in [3.05, 3.63) is 145 Å². The van der Waals surface area contributed by atoms with Crippen molar-refractivity contribution in [1.29, 1.82) is 0 Å². The maximum absolute atomic E-state index is 9.00. The van der Waals surface area contributed by atoms with E-state index in [-0.39, 0.29) is 27.3 Å². The summed E-state index contributed by atoms with van der Waals surface area (Å²) in [7, 11) is 0. The Hall–Kier alpha value is -6.41. The van der Waals surface area contributed by atoms with Crippen LogP contribution in [0.1, 0.15) is 29.7 Å². The number of carbonyl (C=O) groups is 1. The third-order valence-corrected chi connectivity index (χ3v) is 8.49. The van der Waals surface area contributed by atoms with Gasteiger partial charge in [-0.1, -0.05) is 24.3 Å². The van der Waals surface area contributed by atoms with Crippen molar-refractivity contribution < 1.29 is 9.90 Å². The standard InChI is InChI=1S/C40H24N8.C2H4O2.Tl/c1-2-30-38(26-11-19-42-20-12-26)32-5-6-34(47-32)40(28-15-23-44-24-16-28)36-8-7-35(48-36)39(27-13-21-43-22-14-27)33-4-3-31(46-33)37(29(1)45-30)25-9-17-41-18-10-25;1-2(3)4;/h1-24H;1H3,(H,3,4);/q-2;;. The molecule has 0 spiro atoms. The van der Waals surface area contributed by atoms with Crippen molar-refractivity contribution in [3.63, 3.8) is 0 Å². The van der Waals surface area contributed by atoms with Gasteiger partial charge in [0.1, 0.15) is 0 Å². The normalized spacial score (nSPS) is 11.3. The Morgan fingerprint density at radius 2 is 0.642 bits per heavy atom. The number of carboxylic acid groups (broad SMARTS) is 1. The smallest absolute Gasteiger partial charge is 0.300 e. The molecule has 10 nitrogen and oxygen atoms in total. The van der Waals surface area contributed by atoms with Gasteiger partial charge >= 0.3 is 0 Å². The van der Waals surface area contributed by atoms with E-state index in [2.05, 4.69) is 68.5 Å². The largest absolute Gasteiger partial charge is 0.657 e. The molecule has 7 aromatic heterocycles. The van der Waals surface area contributed by atoms with Gasteiger partial charge in [-0.25, -0.2) is 9.97 Å². The Morgan fingerprint density at radius 1 is 0.434 bits per heavy atom. The minimum atomic E-state index is -0.833. The van der Waals surface area contributed by atoms with Gasteiger partial charge < -0.3 is 15.1 Å². The van der Waals surface area contributed by atoms with E-state index in [4.69, 9.17) is 29.8 Å². The summed E-state index contributed by atoms with van der Waals surface area (Å²) in [6, 6.07) is 24.1. The number of hydrogen-bond acceptors (Lipinski definition) is 7. The number of rotatable bonds is 4. The fraction of sp³-hybridized carbons (Fsp3) is 0.0238. The molecule has 253 valence electrons. The molecule has 0 unspecified atom stereocenters. The van der Waals surface area contributed by atoms with Crippen molar-refractivity contribution >= 4 is 79.6 Å². The summed E-state index contributed by atoms with van der Waals surface area (Å²) in [5.74, 6) is -0.833. The average Bonchev–Trinajstić information content (AvgIpc) is 4.01. The summed E-state index contributed by atoms with van der Waals surface area (Å²) < 4.78 is 0. The zero-order valence-electron chi connectivity index (χ0n) is 28.4. The van der Waals surface area contributed by atoms with Crippen molar-refractivity contribution in [2.24, 2.45) is 0 Å². The van der Waals surface area contributed by atoms with Crippen LogP contribution in [0.2, 0.25) is 0 Å². The molecule has 2 aliphatic heterocycles. The molecule has 0 fully saturated rings. The summed E-state index contributed by atoms with van der Waals surface area (Å²) in [5.41, 5.74) is 13.9. The number of aromatic nitrogens is 8. The van der Waals surface area contributed by atoms with Gasteiger partial charge in [0.2, 0.25) is 0 Å². The van der Waals surface area contributed by atoms with E-state index < -0.39 is 5.97 Å². The van der Waals surface area contributed by atoms with Crippen LogP contribution in [0.5, 0.6) is 0 Å². The topological polar surface area (TPSA) is 143 Å². The number of hydrogen-bond donors (Lipinski definition) is 1. The minimum absolute atomic E-state index is 0. The summed E-state index contributed by atoms with van der Waals surface area (Å²) in [6.45, 7) is 1.08. The van der Waals surface area contributed by atoms with Gasteiger partial charge in [0.05, 0.1) is 22.8 Å². The molecule has 8 bridgehead atoms. The second kappa shape index (κ2) is 15.5. The van der Waals surface area contributed by atoms with E-state index in [0.717, 1.165) is 96.3 Å². The average molecular weight is 881 g/mol. The molecule has 7 aromatic rings. The van der Waals surface area contributed by atoms with Crippen molar-refractivity contribution in [2.45, 2.75) is 6.92 Å². The molecule has 0 saturated carbocycles. The molecular weight excluding hydrogens is 853 g/mol. The molecule has 9 heterocycles. The van der Waals surface area contributed by atoms with Gasteiger partial charge in [0, 0.05) is 83.8 Å². The van der Waals surface area contributed by atoms with Crippen molar-refractivity contribution in [2.75, 3.05) is 0 Å². The van der Waals surface area contributed by atoms with Crippen LogP contribution in [0, 0.1) is 0 Å². The zero-order valence-corrected chi connectivity index (χ0v) is 32.9. The maximum Gasteiger partial charge on any atom is 0.300 e. The molecule has 0 saturated heterocycles. The Labute approximate surface area is 324 Å². The Morgan fingerprint density at radius 3 is 0.849 bits per heavy atom. The molecule has 1 N–H and O–H groups in total. The van der Waals surface area contributed by atoms with Crippen molar-refractivity contribution in [3.8, 4) is 44.5 Å². The molecule has 0 atom stereocenters. The number of nitrogens with zero attached hydrogens (tertiary/aromatic N) is 8. The molecule has 9 rings (SSSR count). The molecule has 1 radical (unpaired) electrons. The summed E-state index contributed by atoms with van der Waals surface area (Å²) in [5, 5.41) is 7.42. The maximum atomic E-state index is 9.00. The monoisotopic (exact) mass is 881 g/mol. The molecule has 53 heavy (non-hydrogen) atoms. The molecule has 0 amide bonds. The summed E-state index contributed by atoms with van der Waals surface area (Å²) in [6.07, 6.45) is 22.5. The van der Waals surface area contributed by atoms with Crippen LogP contribution >= 0.6 is 0 Å². The van der Waals surface area contributed by atoms with Gasteiger partial charge in [0.25, 0.3) is 5.97 Å². The van der Waals surface area contributed by atoms with Crippen LogP contribution in [-0.2, 0) is 4.79 Å². The number of aliphatic carboxylic acids is 1. The predicted octanol–water partition coefficient (Wildman–Crippen LogP) is 7.87. The first-order valence-electron chi connectivity index (χ1n) is 16.4. The minimum Gasteiger partial charge on any atom is -0.657 e. The van der Waals surface area contributed by atoms with Crippen LogP contribution in [-0.4, -0.2) is 68.3 Å². The van der Waals surface area contributed by atoms with E-state index in [9.17, 15) is 0 Å². The van der Waals surface area contributed by atoms with Crippen molar-refractivity contribution in [1.82, 2.24) is 39.9 Å². The Bertz CT molecular complexity index is 2300. The third kappa shape index (κ3) is 7.21. The molecule has 2 aliphatic rings. The second-order valence-electron chi connectivity index (χ2n) is 11.8.